The van der Waals surface area contributed by atoms with Crippen LogP contribution >= 0.6 is 0 Å². The largest absolute Gasteiger partial charge is 0.310 e. The number of likely N-dealkylation sites (N-methyl/N-ethyl adjacent to an activating group) is 1. The monoisotopic (exact) mass is 212 g/mol. The van der Waals surface area contributed by atoms with Crippen molar-refractivity contribution >= 4 is 0 Å². The lowest BCUT2D eigenvalue weighted by Gasteiger charge is -2.26. The van der Waals surface area contributed by atoms with Gasteiger partial charge in [-0.05, 0) is 33.2 Å². The van der Waals surface area contributed by atoms with E-state index in [0.717, 1.165) is 12.0 Å². The van der Waals surface area contributed by atoms with Crippen LogP contribution in [0.4, 0.5) is 0 Å². The summed E-state index contributed by atoms with van der Waals surface area (Å²) in [6.45, 7) is 10.5. The van der Waals surface area contributed by atoms with Crippen molar-refractivity contribution in [2.75, 3.05) is 13.6 Å². The molecule has 0 aromatic heterocycles. The maximum Gasteiger partial charge on any atom is 0.0212 e. The molecule has 3 atom stereocenters. The summed E-state index contributed by atoms with van der Waals surface area (Å²) >= 11 is 0. The second kappa shape index (κ2) is 5.86. The number of likely N-dealkylation sites (tertiary alicyclic amines) is 1. The highest BCUT2D eigenvalue weighted by Crippen LogP contribution is 2.18. The van der Waals surface area contributed by atoms with Gasteiger partial charge in [-0.25, -0.2) is 0 Å². The first kappa shape index (κ1) is 13.0. The smallest absolute Gasteiger partial charge is 0.0212 e. The van der Waals surface area contributed by atoms with Gasteiger partial charge in [-0.2, -0.15) is 0 Å². The Labute approximate surface area is 95.4 Å². The fourth-order valence-corrected chi connectivity index (χ4v) is 2.82. The highest BCUT2D eigenvalue weighted by Gasteiger charge is 2.27. The summed E-state index contributed by atoms with van der Waals surface area (Å²) in [6.07, 6.45) is 3.90. The summed E-state index contributed by atoms with van der Waals surface area (Å²) in [6, 6.07) is 2.13. The zero-order valence-corrected chi connectivity index (χ0v) is 11.1. The molecule has 0 spiro atoms. The zero-order valence-electron chi connectivity index (χ0n) is 11.1. The summed E-state index contributed by atoms with van der Waals surface area (Å²) in [5, 5.41) is 3.80. The van der Waals surface area contributed by atoms with Gasteiger partial charge in [0.15, 0.2) is 0 Å². The molecule has 1 aliphatic rings. The van der Waals surface area contributed by atoms with Crippen molar-refractivity contribution in [3.05, 3.63) is 0 Å². The molecule has 1 aliphatic heterocycles. The molecule has 2 heteroatoms. The van der Waals surface area contributed by atoms with E-state index in [1.54, 1.807) is 0 Å². The van der Waals surface area contributed by atoms with E-state index in [0.29, 0.717) is 12.1 Å². The van der Waals surface area contributed by atoms with Gasteiger partial charge in [-0.3, -0.25) is 0 Å². The molecule has 2 nitrogen and oxygen atoms in total. The minimum Gasteiger partial charge on any atom is -0.310 e. The van der Waals surface area contributed by atoms with Crippen LogP contribution in [-0.4, -0.2) is 36.6 Å². The van der Waals surface area contributed by atoms with Crippen LogP contribution in [0.25, 0.3) is 0 Å². The number of hydrogen-bond donors (Lipinski definition) is 1. The van der Waals surface area contributed by atoms with Crippen molar-refractivity contribution < 1.29 is 0 Å². The fraction of sp³-hybridized carbons (Fsp3) is 1.00. The standard InChI is InChI=1S/C13H28N2/c1-6-12(7-2)11(4)14-13-8-10(3)15(5)9-13/h10-14H,6-9H2,1-5H3. The van der Waals surface area contributed by atoms with Gasteiger partial charge in [0, 0.05) is 24.7 Å². The molecular weight excluding hydrogens is 184 g/mol. The van der Waals surface area contributed by atoms with Gasteiger partial charge in [0.25, 0.3) is 0 Å². The van der Waals surface area contributed by atoms with Crippen molar-refractivity contribution in [2.45, 2.75) is 65.1 Å². The maximum atomic E-state index is 3.80. The number of rotatable bonds is 5. The Morgan fingerprint density at radius 1 is 1.33 bits per heavy atom. The van der Waals surface area contributed by atoms with E-state index in [1.165, 1.54) is 25.8 Å². The molecular formula is C13H28N2. The van der Waals surface area contributed by atoms with Gasteiger partial charge in [0.1, 0.15) is 0 Å². The van der Waals surface area contributed by atoms with Crippen molar-refractivity contribution in [2.24, 2.45) is 5.92 Å². The minimum absolute atomic E-state index is 0.670. The minimum atomic E-state index is 0.670. The quantitative estimate of drug-likeness (QED) is 0.753. The Kier molecular flexibility index (Phi) is 5.07. The van der Waals surface area contributed by atoms with Crippen LogP contribution in [0.5, 0.6) is 0 Å². The first-order valence-corrected chi connectivity index (χ1v) is 6.54. The Morgan fingerprint density at radius 3 is 2.33 bits per heavy atom. The second-order valence-electron chi connectivity index (χ2n) is 5.25. The first-order valence-electron chi connectivity index (χ1n) is 6.54. The molecule has 0 aliphatic carbocycles. The average Bonchev–Trinajstić information content (AvgIpc) is 2.47. The van der Waals surface area contributed by atoms with Crippen LogP contribution in [0.3, 0.4) is 0 Å². The first-order chi connectivity index (χ1) is 7.08. The molecule has 1 rings (SSSR count). The lowest BCUT2D eigenvalue weighted by atomic mass is 9.94. The maximum absolute atomic E-state index is 3.80. The molecule has 0 radical (unpaired) electrons. The Bertz CT molecular complexity index is 167. The molecule has 1 heterocycles. The van der Waals surface area contributed by atoms with E-state index in [9.17, 15) is 0 Å². The number of hydrogen-bond acceptors (Lipinski definition) is 2. The van der Waals surface area contributed by atoms with E-state index >= 15 is 0 Å². The van der Waals surface area contributed by atoms with E-state index < -0.39 is 0 Å². The Morgan fingerprint density at radius 2 is 1.93 bits per heavy atom. The SMILES string of the molecule is CCC(CC)C(C)NC1CC(C)N(C)C1. The van der Waals surface area contributed by atoms with Crippen LogP contribution in [0, 0.1) is 5.92 Å². The normalized spacial score (nSPS) is 30.0. The second-order valence-corrected chi connectivity index (χ2v) is 5.25. The van der Waals surface area contributed by atoms with E-state index in [1.807, 2.05) is 0 Å². The highest BCUT2D eigenvalue weighted by atomic mass is 15.2. The third-order valence-corrected chi connectivity index (χ3v) is 4.14. The molecule has 0 aromatic carbocycles. The van der Waals surface area contributed by atoms with Crippen molar-refractivity contribution in [3.8, 4) is 0 Å². The van der Waals surface area contributed by atoms with Crippen molar-refractivity contribution in [1.29, 1.82) is 0 Å². The van der Waals surface area contributed by atoms with Crippen molar-refractivity contribution in [1.82, 2.24) is 10.2 Å². The van der Waals surface area contributed by atoms with E-state index in [-0.39, 0.29) is 0 Å². The molecule has 0 aromatic rings. The van der Waals surface area contributed by atoms with Crippen LogP contribution < -0.4 is 5.32 Å². The molecule has 1 fully saturated rings. The Balaban J connectivity index is 2.35. The van der Waals surface area contributed by atoms with Gasteiger partial charge >= 0.3 is 0 Å². The number of nitrogens with zero attached hydrogens (tertiary/aromatic N) is 1. The van der Waals surface area contributed by atoms with Crippen LogP contribution in [0.15, 0.2) is 0 Å². The van der Waals surface area contributed by atoms with Crippen molar-refractivity contribution in [3.63, 3.8) is 0 Å². The molecule has 1 N–H and O–H groups in total. The molecule has 15 heavy (non-hydrogen) atoms. The predicted octanol–water partition coefficient (Wildman–Crippen LogP) is 2.49. The van der Waals surface area contributed by atoms with Gasteiger partial charge in [-0.1, -0.05) is 26.7 Å². The van der Waals surface area contributed by atoms with Gasteiger partial charge in [0.2, 0.25) is 0 Å². The molecule has 0 bridgehead atoms. The third-order valence-electron chi connectivity index (χ3n) is 4.14. The van der Waals surface area contributed by atoms with Crippen LogP contribution in [0.2, 0.25) is 0 Å². The molecule has 0 saturated carbocycles. The van der Waals surface area contributed by atoms with Gasteiger partial charge in [-0.15, -0.1) is 0 Å². The van der Waals surface area contributed by atoms with E-state index in [4.69, 9.17) is 0 Å². The average molecular weight is 212 g/mol. The summed E-state index contributed by atoms with van der Waals surface area (Å²) in [4.78, 5) is 2.46. The summed E-state index contributed by atoms with van der Waals surface area (Å²) in [5.41, 5.74) is 0. The zero-order chi connectivity index (χ0) is 11.4. The number of nitrogens with one attached hydrogen (secondary N) is 1. The Hall–Kier alpha value is -0.0800. The fourth-order valence-electron chi connectivity index (χ4n) is 2.82. The lowest BCUT2D eigenvalue weighted by molar-refractivity contribution is 0.306. The van der Waals surface area contributed by atoms with Crippen LogP contribution in [0.1, 0.15) is 47.0 Å². The summed E-state index contributed by atoms with van der Waals surface area (Å²) in [5.74, 6) is 0.839. The molecule has 0 amide bonds. The molecule has 1 saturated heterocycles. The topological polar surface area (TPSA) is 15.3 Å². The van der Waals surface area contributed by atoms with Gasteiger partial charge in [0.05, 0.1) is 0 Å². The summed E-state index contributed by atoms with van der Waals surface area (Å²) < 4.78 is 0. The third kappa shape index (κ3) is 3.46. The predicted molar refractivity (Wildman–Crippen MR) is 67.2 cm³/mol. The van der Waals surface area contributed by atoms with Gasteiger partial charge < -0.3 is 10.2 Å². The van der Waals surface area contributed by atoms with Crippen LogP contribution in [-0.2, 0) is 0 Å². The lowest BCUT2D eigenvalue weighted by Crippen LogP contribution is -2.41. The highest BCUT2D eigenvalue weighted by molar-refractivity contribution is 4.87. The molecule has 90 valence electrons. The summed E-state index contributed by atoms with van der Waals surface area (Å²) in [7, 11) is 2.23. The van der Waals surface area contributed by atoms with E-state index in [2.05, 4.69) is 45.0 Å². The molecule has 3 unspecified atom stereocenters.